The SMILES string of the molecule is Cc1cnc(-c2cc(C(=O)N[C@H](C)c3cnc(C(F)(F)F)nc3)cc3c2OCCN3CC2CNC2)s1. The highest BCUT2D eigenvalue weighted by Gasteiger charge is 2.34. The quantitative estimate of drug-likeness (QED) is 0.512. The van der Waals surface area contributed by atoms with E-state index in [0.29, 0.717) is 35.9 Å². The van der Waals surface area contributed by atoms with E-state index >= 15 is 0 Å². The summed E-state index contributed by atoms with van der Waals surface area (Å²) >= 11 is 1.52. The van der Waals surface area contributed by atoms with Crippen LogP contribution >= 0.6 is 11.3 Å². The summed E-state index contributed by atoms with van der Waals surface area (Å²) < 4.78 is 44.4. The van der Waals surface area contributed by atoms with E-state index in [2.05, 4.69) is 30.5 Å². The molecule has 1 fully saturated rings. The fourth-order valence-electron chi connectivity index (χ4n) is 4.20. The minimum atomic E-state index is -4.62. The number of alkyl halides is 3. The zero-order valence-electron chi connectivity index (χ0n) is 19.7. The van der Waals surface area contributed by atoms with Crippen molar-refractivity contribution in [2.24, 2.45) is 5.92 Å². The molecule has 190 valence electrons. The highest BCUT2D eigenvalue weighted by atomic mass is 32.1. The van der Waals surface area contributed by atoms with Crippen LogP contribution in [0.25, 0.3) is 10.6 Å². The van der Waals surface area contributed by atoms with Crippen molar-refractivity contribution in [3.63, 3.8) is 0 Å². The molecule has 0 aliphatic carbocycles. The summed E-state index contributed by atoms with van der Waals surface area (Å²) in [5.41, 5.74) is 2.37. The smallest absolute Gasteiger partial charge is 0.451 e. The van der Waals surface area contributed by atoms with Crippen LogP contribution in [0.2, 0.25) is 0 Å². The molecule has 2 aliphatic heterocycles. The standard InChI is InChI=1S/C24H25F3N6O2S/c1-13-7-29-22(36-13)18-5-16(6-19-20(18)35-4-3-33(19)12-15-8-28-9-15)21(34)32-14(2)17-10-30-23(31-11-17)24(25,26)27/h5-7,10-11,14-15,28H,3-4,8-9,12H2,1-2H3,(H,32,34)/t14-/m1/s1. The first-order chi connectivity index (χ1) is 17.2. The molecular weight excluding hydrogens is 493 g/mol. The lowest BCUT2D eigenvalue weighted by atomic mass is 10.00. The van der Waals surface area contributed by atoms with Gasteiger partial charge in [0.05, 0.1) is 23.8 Å². The van der Waals surface area contributed by atoms with Crippen LogP contribution in [0.3, 0.4) is 0 Å². The number of thiazole rings is 1. The maximum Gasteiger partial charge on any atom is 0.451 e. The highest BCUT2D eigenvalue weighted by Crippen LogP contribution is 2.43. The van der Waals surface area contributed by atoms with Crippen LogP contribution in [0, 0.1) is 12.8 Å². The third kappa shape index (κ3) is 5.00. The predicted octanol–water partition coefficient (Wildman–Crippen LogP) is 3.84. The number of hydrogen-bond donors (Lipinski definition) is 2. The summed E-state index contributed by atoms with van der Waals surface area (Å²) in [5.74, 6) is -0.345. The molecule has 2 aliphatic rings. The van der Waals surface area contributed by atoms with Crippen molar-refractivity contribution in [2.75, 3.05) is 37.7 Å². The molecule has 5 rings (SSSR count). The number of fused-ring (bicyclic) bond motifs is 1. The maximum atomic E-state index is 13.3. The van der Waals surface area contributed by atoms with Gasteiger partial charge in [0, 0.05) is 60.1 Å². The predicted molar refractivity (Wildman–Crippen MR) is 129 cm³/mol. The summed E-state index contributed by atoms with van der Waals surface area (Å²) in [5, 5.41) is 6.90. The van der Waals surface area contributed by atoms with E-state index in [1.54, 1.807) is 19.2 Å². The van der Waals surface area contributed by atoms with Crippen molar-refractivity contribution < 1.29 is 22.7 Å². The van der Waals surface area contributed by atoms with Crippen molar-refractivity contribution >= 4 is 22.9 Å². The molecule has 3 aromatic rings. The lowest BCUT2D eigenvalue weighted by Crippen LogP contribution is -2.49. The molecule has 36 heavy (non-hydrogen) atoms. The number of aryl methyl sites for hydroxylation is 1. The second-order valence-electron chi connectivity index (χ2n) is 9.00. The van der Waals surface area contributed by atoms with Crippen LogP contribution in [0.5, 0.6) is 5.75 Å². The number of carbonyl (C=O) groups is 1. The minimum Gasteiger partial charge on any atom is -0.489 e. The lowest BCUT2D eigenvalue weighted by molar-refractivity contribution is -0.145. The fraction of sp³-hybridized carbons (Fsp3) is 0.417. The van der Waals surface area contributed by atoms with Crippen LogP contribution in [0.15, 0.2) is 30.7 Å². The largest absolute Gasteiger partial charge is 0.489 e. The van der Waals surface area contributed by atoms with Gasteiger partial charge < -0.3 is 20.3 Å². The number of benzene rings is 1. The van der Waals surface area contributed by atoms with E-state index in [-0.39, 0.29) is 5.91 Å². The summed E-state index contributed by atoms with van der Waals surface area (Å²) in [6, 6.07) is 2.97. The number of amides is 1. The minimum absolute atomic E-state index is 0.365. The molecular formula is C24H25F3N6O2S. The van der Waals surface area contributed by atoms with Crippen molar-refractivity contribution in [1.29, 1.82) is 0 Å². The van der Waals surface area contributed by atoms with Crippen molar-refractivity contribution in [3.8, 4) is 16.3 Å². The normalized spacial score (nSPS) is 16.6. The van der Waals surface area contributed by atoms with Gasteiger partial charge in [-0.3, -0.25) is 4.79 Å². The molecule has 0 saturated carbocycles. The Bertz CT molecular complexity index is 1260. The van der Waals surface area contributed by atoms with Crippen LogP contribution in [0.1, 0.15) is 39.6 Å². The Balaban J connectivity index is 1.44. The van der Waals surface area contributed by atoms with Crippen LogP contribution in [0.4, 0.5) is 18.9 Å². The molecule has 8 nitrogen and oxygen atoms in total. The molecule has 1 amide bonds. The second-order valence-corrected chi connectivity index (χ2v) is 10.2. The van der Waals surface area contributed by atoms with E-state index in [1.165, 1.54) is 11.3 Å². The molecule has 12 heteroatoms. The van der Waals surface area contributed by atoms with Gasteiger partial charge in [0.2, 0.25) is 5.82 Å². The first kappa shape index (κ1) is 24.4. The first-order valence-corrected chi connectivity index (χ1v) is 12.4. The molecule has 1 atom stereocenters. The molecule has 2 N–H and O–H groups in total. The molecule has 0 unspecified atom stereocenters. The van der Waals surface area contributed by atoms with Crippen LogP contribution in [-0.4, -0.2) is 53.6 Å². The average Bonchev–Trinajstić information content (AvgIpc) is 3.26. The van der Waals surface area contributed by atoms with E-state index in [4.69, 9.17) is 4.74 Å². The van der Waals surface area contributed by atoms with Gasteiger partial charge in [-0.2, -0.15) is 13.2 Å². The van der Waals surface area contributed by atoms with Gasteiger partial charge in [0.15, 0.2) is 5.75 Å². The average molecular weight is 519 g/mol. The molecule has 1 saturated heterocycles. The van der Waals surface area contributed by atoms with Gasteiger partial charge in [-0.25, -0.2) is 15.0 Å². The Hall–Kier alpha value is -3.25. The zero-order chi connectivity index (χ0) is 25.4. The van der Waals surface area contributed by atoms with Gasteiger partial charge in [-0.05, 0) is 26.0 Å². The van der Waals surface area contributed by atoms with E-state index in [1.807, 2.05) is 13.0 Å². The molecule has 0 radical (unpaired) electrons. The van der Waals surface area contributed by atoms with Crippen LogP contribution in [-0.2, 0) is 6.18 Å². The lowest BCUT2D eigenvalue weighted by Gasteiger charge is -2.38. The van der Waals surface area contributed by atoms with Crippen molar-refractivity contribution in [1.82, 2.24) is 25.6 Å². The number of halogens is 3. The highest BCUT2D eigenvalue weighted by molar-refractivity contribution is 7.15. The first-order valence-electron chi connectivity index (χ1n) is 11.6. The topological polar surface area (TPSA) is 92.3 Å². The molecule has 0 spiro atoms. The van der Waals surface area contributed by atoms with Crippen molar-refractivity contribution in [3.05, 3.63) is 52.6 Å². The number of hydrogen-bond acceptors (Lipinski definition) is 8. The molecule has 1 aromatic carbocycles. The zero-order valence-corrected chi connectivity index (χ0v) is 20.5. The monoisotopic (exact) mass is 518 g/mol. The summed E-state index contributed by atoms with van der Waals surface area (Å²) in [4.78, 5) is 27.9. The number of aromatic nitrogens is 3. The van der Waals surface area contributed by atoms with Gasteiger partial charge >= 0.3 is 6.18 Å². The summed E-state index contributed by atoms with van der Waals surface area (Å²) in [6.07, 6.45) is -0.673. The summed E-state index contributed by atoms with van der Waals surface area (Å²) in [6.45, 7) is 7.66. The van der Waals surface area contributed by atoms with E-state index in [9.17, 15) is 18.0 Å². The van der Waals surface area contributed by atoms with Crippen molar-refractivity contribution in [2.45, 2.75) is 26.1 Å². The van der Waals surface area contributed by atoms with Gasteiger partial charge in [-0.1, -0.05) is 0 Å². The Labute approximate surface area is 209 Å². The van der Waals surface area contributed by atoms with Gasteiger partial charge in [-0.15, -0.1) is 11.3 Å². The number of ether oxygens (including phenoxy) is 1. The summed E-state index contributed by atoms with van der Waals surface area (Å²) in [7, 11) is 0. The molecule has 2 aromatic heterocycles. The Morgan fingerprint density at radius 2 is 2.00 bits per heavy atom. The molecule has 0 bridgehead atoms. The number of rotatable bonds is 6. The Morgan fingerprint density at radius 3 is 2.61 bits per heavy atom. The number of carbonyl (C=O) groups excluding carboxylic acids is 1. The van der Waals surface area contributed by atoms with Crippen LogP contribution < -0.4 is 20.3 Å². The number of nitrogens with one attached hydrogen (secondary N) is 2. The third-order valence-electron chi connectivity index (χ3n) is 6.25. The van der Waals surface area contributed by atoms with Gasteiger partial charge in [0.25, 0.3) is 5.91 Å². The number of nitrogens with zero attached hydrogens (tertiary/aromatic N) is 4. The second kappa shape index (κ2) is 9.66. The Morgan fingerprint density at radius 1 is 1.25 bits per heavy atom. The molecule has 4 heterocycles. The third-order valence-corrected chi connectivity index (χ3v) is 7.20. The Kier molecular flexibility index (Phi) is 6.56. The van der Waals surface area contributed by atoms with Gasteiger partial charge in [0.1, 0.15) is 11.6 Å². The van der Waals surface area contributed by atoms with E-state index < -0.39 is 18.0 Å². The number of anilines is 1. The maximum absolute atomic E-state index is 13.3. The fourth-order valence-corrected chi connectivity index (χ4v) is 4.98. The van der Waals surface area contributed by atoms with E-state index in [0.717, 1.165) is 53.2 Å².